The Labute approximate surface area is 572 Å². The highest BCUT2D eigenvalue weighted by Crippen LogP contribution is 2.45. The van der Waals surface area contributed by atoms with E-state index in [4.69, 9.17) is 37.0 Å². The first-order valence-corrected chi connectivity index (χ1v) is 40.8. The van der Waals surface area contributed by atoms with Crippen molar-refractivity contribution in [1.82, 2.24) is 0 Å². The summed E-state index contributed by atoms with van der Waals surface area (Å²) in [6.07, 6.45) is 61.4. The quantitative estimate of drug-likeness (QED) is 0.0169. The molecule has 0 heterocycles. The molecule has 0 aliphatic carbocycles. The van der Waals surface area contributed by atoms with Gasteiger partial charge in [-0.25, -0.2) is 9.13 Å². The molecule has 0 aromatic heterocycles. The minimum absolute atomic E-state index is 0.0824. The van der Waals surface area contributed by atoms with Crippen molar-refractivity contribution in [1.29, 1.82) is 0 Å². The SMILES string of the molecule is CCCCCC/C=C\C=C/CCCCCCCC(=O)OC[C@H](COP(=O)(O)OC[C@@H](O)COP(=O)(O)OC[C@@H](COC(=O)CCCCCCCCC)OC(=O)CCCCCCC/C=C\C=C/CCCCCC)OC(=O)CCCCCCCCCCCCCCCCC(C)C. The molecular weight excluding hydrogens is 1230 g/mol. The number of hydrogen-bond donors (Lipinski definition) is 3. The van der Waals surface area contributed by atoms with Crippen molar-refractivity contribution in [2.24, 2.45) is 5.92 Å². The van der Waals surface area contributed by atoms with Crippen LogP contribution in [0.15, 0.2) is 48.6 Å². The van der Waals surface area contributed by atoms with E-state index in [2.05, 4.69) is 83.2 Å². The molecule has 0 radical (unpaired) electrons. The van der Waals surface area contributed by atoms with Crippen LogP contribution in [0.5, 0.6) is 0 Å². The summed E-state index contributed by atoms with van der Waals surface area (Å²) in [6, 6.07) is 0. The minimum atomic E-state index is -4.97. The van der Waals surface area contributed by atoms with Gasteiger partial charge < -0.3 is 33.8 Å². The monoisotopic (exact) mass is 1370 g/mol. The van der Waals surface area contributed by atoms with Crippen molar-refractivity contribution in [3.8, 4) is 0 Å². The van der Waals surface area contributed by atoms with Crippen LogP contribution in [-0.2, 0) is 65.4 Å². The van der Waals surface area contributed by atoms with Gasteiger partial charge in [0, 0.05) is 25.7 Å². The van der Waals surface area contributed by atoms with Crippen LogP contribution in [0.4, 0.5) is 0 Å². The lowest BCUT2D eigenvalue weighted by Crippen LogP contribution is -2.30. The minimum Gasteiger partial charge on any atom is -0.462 e. The molecule has 0 aliphatic heterocycles. The summed E-state index contributed by atoms with van der Waals surface area (Å²) in [6.45, 7) is 7.13. The van der Waals surface area contributed by atoms with Crippen molar-refractivity contribution >= 4 is 39.5 Å². The van der Waals surface area contributed by atoms with Gasteiger partial charge in [-0.3, -0.25) is 37.3 Å². The largest absolute Gasteiger partial charge is 0.472 e. The van der Waals surface area contributed by atoms with Crippen molar-refractivity contribution < 1.29 is 80.2 Å². The highest BCUT2D eigenvalue weighted by Gasteiger charge is 2.30. The zero-order valence-electron chi connectivity index (χ0n) is 60.1. The Bertz CT molecular complexity index is 1990. The first-order chi connectivity index (χ1) is 45.5. The summed E-state index contributed by atoms with van der Waals surface area (Å²) in [7, 11) is -9.93. The van der Waals surface area contributed by atoms with Gasteiger partial charge in [0.2, 0.25) is 0 Å². The molecule has 17 nitrogen and oxygen atoms in total. The lowest BCUT2D eigenvalue weighted by molar-refractivity contribution is -0.161. The number of carbonyl (C=O) groups is 4. The Morgan fingerprint density at radius 3 is 0.872 bits per heavy atom. The van der Waals surface area contributed by atoms with Crippen LogP contribution >= 0.6 is 15.6 Å². The molecule has 0 aliphatic rings. The van der Waals surface area contributed by atoms with E-state index < -0.39 is 97.5 Å². The van der Waals surface area contributed by atoms with Gasteiger partial charge in [-0.1, -0.05) is 289 Å². The summed E-state index contributed by atoms with van der Waals surface area (Å²) in [5.41, 5.74) is 0. The third-order valence-electron chi connectivity index (χ3n) is 16.3. The maximum Gasteiger partial charge on any atom is 0.472 e. The maximum atomic E-state index is 13.1. The van der Waals surface area contributed by atoms with E-state index in [1.165, 1.54) is 122 Å². The highest BCUT2D eigenvalue weighted by atomic mass is 31.2. The molecule has 0 aromatic rings. The van der Waals surface area contributed by atoms with Crippen LogP contribution in [0.25, 0.3) is 0 Å². The molecule has 3 N–H and O–H groups in total. The van der Waals surface area contributed by atoms with E-state index in [0.29, 0.717) is 25.7 Å². The van der Waals surface area contributed by atoms with Crippen LogP contribution < -0.4 is 0 Å². The Hall–Kier alpha value is -2.98. The summed E-state index contributed by atoms with van der Waals surface area (Å²) in [5, 5.41) is 10.6. The normalized spacial score (nSPS) is 14.3. The average molecular weight is 1370 g/mol. The maximum absolute atomic E-state index is 13.1. The van der Waals surface area contributed by atoms with Gasteiger partial charge in [-0.2, -0.15) is 0 Å². The molecular formula is C75H138O17P2. The fourth-order valence-electron chi connectivity index (χ4n) is 10.4. The van der Waals surface area contributed by atoms with E-state index in [1.807, 2.05) is 0 Å². The van der Waals surface area contributed by atoms with Crippen molar-refractivity contribution in [2.75, 3.05) is 39.6 Å². The first kappa shape index (κ1) is 91.0. The average Bonchev–Trinajstić information content (AvgIpc) is 2.09. The molecule has 550 valence electrons. The predicted octanol–water partition coefficient (Wildman–Crippen LogP) is 21.2. The Morgan fingerprint density at radius 1 is 0.330 bits per heavy atom. The predicted molar refractivity (Wildman–Crippen MR) is 381 cm³/mol. The fourth-order valence-corrected chi connectivity index (χ4v) is 12.0. The second-order valence-corrected chi connectivity index (χ2v) is 29.0. The summed E-state index contributed by atoms with van der Waals surface area (Å²) in [5.74, 6) is -1.39. The summed E-state index contributed by atoms with van der Waals surface area (Å²) < 4.78 is 68.3. The summed E-state index contributed by atoms with van der Waals surface area (Å²) >= 11 is 0. The van der Waals surface area contributed by atoms with Crippen molar-refractivity contribution in [3.05, 3.63) is 48.6 Å². The standard InChI is InChI=1S/C75H138O17P2/c1-6-9-12-15-18-20-22-24-26-31-35-39-44-49-54-59-73(78)86-65-71(92-75(80)61-56-51-46-41-37-33-29-28-30-34-38-43-47-52-57-68(4)5)67-90-94(83,84)88-63-69(76)62-87-93(81,82)89-66-70(64-85-72(77)58-53-48-42-17-14-11-8-3)91-74(79)60-55-50-45-40-36-32-27-25-23-21-19-16-13-10-7-2/h20-27,68-71,76H,6-19,28-67H2,1-5H3,(H,81,82)(H,83,84)/b22-20-,23-21-,26-24-,27-25-/t69-,70+,71+/m0/s1. The van der Waals surface area contributed by atoms with Gasteiger partial charge in [0.1, 0.15) is 19.3 Å². The molecule has 2 unspecified atom stereocenters. The molecule has 19 heteroatoms. The zero-order valence-corrected chi connectivity index (χ0v) is 61.9. The molecule has 94 heavy (non-hydrogen) atoms. The van der Waals surface area contributed by atoms with Crippen LogP contribution in [0, 0.1) is 5.92 Å². The van der Waals surface area contributed by atoms with E-state index in [0.717, 1.165) is 141 Å². The molecule has 0 amide bonds. The number of esters is 4. The van der Waals surface area contributed by atoms with Crippen LogP contribution in [0.3, 0.4) is 0 Å². The number of allylic oxidation sites excluding steroid dienone is 8. The zero-order chi connectivity index (χ0) is 69.1. The number of unbranched alkanes of at least 4 members (excludes halogenated alkanes) is 37. The molecule has 5 atom stereocenters. The first-order valence-electron chi connectivity index (χ1n) is 37.8. The third kappa shape index (κ3) is 67.6. The van der Waals surface area contributed by atoms with E-state index in [-0.39, 0.29) is 25.7 Å². The number of phosphoric ester groups is 2. The number of ether oxygens (including phenoxy) is 4. The lowest BCUT2D eigenvalue weighted by Gasteiger charge is -2.21. The topological polar surface area (TPSA) is 237 Å². The molecule has 0 saturated heterocycles. The Balaban J connectivity index is 5.27. The second kappa shape index (κ2) is 67.2. The van der Waals surface area contributed by atoms with Gasteiger partial charge in [0.05, 0.1) is 26.4 Å². The van der Waals surface area contributed by atoms with Gasteiger partial charge in [-0.05, 0) is 83.0 Å². The van der Waals surface area contributed by atoms with Crippen molar-refractivity contribution in [2.45, 2.75) is 361 Å². The fraction of sp³-hybridized carbons (Fsp3) is 0.840. The van der Waals surface area contributed by atoms with Gasteiger partial charge in [0.15, 0.2) is 12.2 Å². The molecule has 0 rings (SSSR count). The number of carbonyl (C=O) groups excluding carboxylic acids is 4. The highest BCUT2D eigenvalue weighted by molar-refractivity contribution is 7.47. The number of aliphatic hydroxyl groups is 1. The van der Waals surface area contributed by atoms with Crippen LogP contribution in [0.1, 0.15) is 343 Å². The van der Waals surface area contributed by atoms with Crippen LogP contribution in [-0.4, -0.2) is 96.7 Å². The smallest absolute Gasteiger partial charge is 0.462 e. The van der Waals surface area contributed by atoms with E-state index in [1.54, 1.807) is 0 Å². The lowest BCUT2D eigenvalue weighted by atomic mass is 10.0. The number of phosphoric acid groups is 2. The molecule has 0 aromatic carbocycles. The third-order valence-corrected chi connectivity index (χ3v) is 18.2. The van der Waals surface area contributed by atoms with Crippen molar-refractivity contribution in [3.63, 3.8) is 0 Å². The van der Waals surface area contributed by atoms with Gasteiger partial charge in [-0.15, -0.1) is 0 Å². The molecule has 0 bridgehead atoms. The Kier molecular flexibility index (Phi) is 65.1. The van der Waals surface area contributed by atoms with E-state index >= 15 is 0 Å². The van der Waals surface area contributed by atoms with Gasteiger partial charge >= 0.3 is 39.5 Å². The van der Waals surface area contributed by atoms with Gasteiger partial charge in [0.25, 0.3) is 0 Å². The molecule has 0 spiro atoms. The van der Waals surface area contributed by atoms with E-state index in [9.17, 15) is 43.2 Å². The number of rotatable bonds is 71. The van der Waals surface area contributed by atoms with Crippen LogP contribution in [0.2, 0.25) is 0 Å². The number of aliphatic hydroxyl groups excluding tert-OH is 1. The second-order valence-electron chi connectivity index (χ2n) is 26.1. The molecule has 0 saturated carbocycles. The summed E-state index contributed by atoms with van der Waals surface area (Å²) in [4.78, 5) is 72.6. The number of hydrogen-bond acceptors (Lipinski definition) is 15. The Morgan fingerprint density at radius 2 is 0.574 bits per heavy atom. The molecule has 0 fully saturated rings.